The molecule has 2 aliphatic heterocycles. The maximum atomic E-state index is 13.1. The second kappa shape index (κ2) is 8.22. The second-order valence-corrected chi connectivity index (χ2v) is 7.71. The molecule has 0 radical (unpaired) electrons. The fourth-order valence-electron chi connectivity index (χ4n) is 4.23. The van der Waals surface area contributed by atoms with Crippen molar-refractivity contribution in [2.45, 2.75) is 44.6 Å². The van der Waals surface area contributed by atoms with Crippen molar-refractivity contribution in [3.63, 3.8) is 0 Å². The summed E-state index contributed by atoms with van der Waals surface area (Å²) >= 11 is 0. The molecule has 4 heteroatoms. The van der Waals surface area contributed by atoms with E-state index in [0.29, 0.717) is 6.04 Å². The van der Waals surface area contributed by atoms with Gasteiger partial charge in [-0.15, -0.1) is 0 Å². The van der Waals surface area contributed by atoms with Gasteiger partial charge in [0.1, 0.15) is 5.82 Å². The number of carbonyl (C=O) groups excluding carboxylic acids is 1. The predicted molar refractivity (Wildman–Crippen MR) is 106 cm³/mol. The van der Waals surface area contributed by atoms with Crippen molar-refractivity contribution >= 4 is 5.91 Å². The average Bonchev–Trinajstić information content (AvgIpc) is 2.97. The van der Waals surface area contributed by atoms with Gasteiger partial charge < -0.3 is 10.2 Å². The van der Waals surface area contributed by atoms with Gasteiger partial charge in [-0.2, -0.15) is 0 Å². The Morgan fingerprint density at radius 2 is 1.85 bits per heavy atom. The first-order valence-electron chi connectivity index (χ1n) is 10.1. The van der Waals surface area contributed by atoms with Crippen LogP contribution in [0, 0.1) is 5.82 Å². The summed E-state index contributed by atoms with van der Waals surface area (Å²) in [4.78, 5) is 14.9. The van der Waals surface area contributed by atoms with Gasteiger partial charge in [-0.05, 0) is 67.1 Å². The molecule has 27 heavy (non-hydrogen) atoms. The number of rotatable bonds is 4. The number of carbonyl (C=O) groups is 1. The molecular formula is C23H27FN2O. The van der Waals surface area contributed by atoms with Crippen LogP contribution in [0.15, 0.2) is 42.5 Å². The van der Waals surface area contributed by atoms with Crippen molar-refractivity contribution in [3.8, 4) is 11.1 Å². The first kappa shape index (κ1) is 18.2. The molecule has 1 N–H and O–H groups in total. The Labute approximate surface area is 160 Å². The summed E-state index contributed by atoms with van der Waals surface area (Å²) in [6.45, 7) is 2.72. The highest BCUT2D eigenvalue weighted by atomic mass is 19.1. The molecule has 142 valence electrons. The van der Waals surface area contributed by atoms with Gasteiger partial charge in [-0.1, -0.05) is 37.1 Å². The molecule has 1 fully saturated rings. The Balaban J connectivity index is 1.43. The summed E-state index contributed by atoms with van der Waals surface area (Å²) in [5.74, 6) is -0.0822. The molecule has 1 saturated heterocycles. The Morgan fingerprint density at radius 1 is 1.04 bits per heavy atom. The maximum Gasteiger partial charge on any atom is 0.254 e. The quantitative estimate of drug-likeness (QED) is 0.869. The van der Waals surface area contributed by atoms with Gasteiger partial charge in [0.15, 0.2) is 0 Å². The van der Waals surface area contributed by atoms with E-state index in [4.69, 9.17) is 0 Å². The standard InChI is InChI=1S/C23H27FN2O/c24-20-8-5-17(6-9-20)18-7-10-22-19(16-18)11-14-26(23(22)27)15-12-21-4-2-1-3-13-25-21/h5-10,16,21,25H,1-4,11-15H2. The molecule has 1 amide bonds. The fourth-order valence-corrected chi connectivity index (χ4v) is 4.23. The lowest BCUT2D eigenvalue weighted by Crippen LogP contribution is -2.41. The van der Waals surface area contributed by atoms with E-state index in [2.05, 4.69) is 11.4 Å². The van der Waals surface area contributed by atoms with Crippen LogP contribution in [-0.2, 0) is 6.42 Å². The monoisotopic (exact) mass is 366 g/mol. The number of hydrogen-bond acceptors (Lipinski definition) is 2. The van der Waals surface area contributed by atoms with Gasteiger partial charge in [0.05, 0.1) is 0 Å². The highest BCUT2D eigenvalue weighted by Gasteiger charge is 2.25. The second-order valence-electron chi connectivity index (χ2n) is 7.71. The fraction of sp³-hybridized carbons (Fsp3) is 0.435. The summed E-state index contributed by atoms with van der Waals surface area (Å²) in [5, 5.41) is 3.62. The number of nitrogens with zero attached hydrogens (tertiary/aromatic N) is 1. The number of amides is 1. The van der Waals surface area contributed by atoms with Crippen molar-refractivity contribution in [1.29, 1.82) is 0 Å². The Bertz CT molecular complexity index is 795. The number of hydrogen-bond donors (Lipinski definition) is 1. The van der Waals surface area contributed by atoms with E-state index >= 15 is 0 Å². The van der Waals surface area contributed by atoms with E-state index in [0.717, 1.165) is 54.7 Å². The summed E-state index contributed by atoms with van der Waals surface area (Å²) in [6.07, 6.45) is 7.02. The Kier molecular flexibility index (Phi) is 5.53. The van der Waals surface area contributed by atoms with Crippen LogP contribution in [0.1, 0.15) is 48.0 Å². The van der Waals surface area contributed by atoms with Gasteiger partial charge in [-0.3, -0.25) is 4.79 Å². The lowest BCUT2D eigenvalue weighted by molar-refractivity contribution is 0.0732. The molecule has 2 heterocycles. The highest BCUT2D eigenvalue weighted by Crippen LogP contribution is 2.27. The van der Waals surface area contributed by atoms with E-state index in [-0.39, 0.29) is 11.7 Å². The molecule has 2 aromatic rings. The number of benzene rings is 2. The van der Waals surface area contributed by atoms with Crippen molar-refractivity contribution in [2.24, 2.45) is 0 Å². The third-order valence-electron chi connectivity index (χ3n) is 5.86. The predicted octanol–water partition coefficient (Wildman–Crippen LogP) is 4.41. The van der Waals surface area contributed by atoms with Crippen LogP contribution in [0.2, 0.25) is 0 Å². The average molecular weight is 366 g/mol. The largest absolute Gasteiger partial charge is 0.338 e. The molecule has 1 unspecified atom stereocenters. The normalized spacial score (nSPS) is 20.3. The lowest BCUT2D eigenvalue weighted by atomic mass is 9.94. The topological polar surface area (TPSA) is 32.3 Å². The van der Waals surface area contributed by atoms with Crippen molar-refractivity contribution in [2.75, 3.05) is 19.6 Å². The molecule has 0 bridgehead atoms. The summed E-state index contributed by atoms with van der Waals surface area (Å²) in [5.41, 5.74) is 3.94. The molecule has 0 aliphatic carbocycles. The third kappa shape index (κ3) is 4.22. The van der Waals surface area contributed by atoms with Crippen LogP contribution in [0.3, 0.4) is 0 Å². The lowest BCUT2D eigenvalue weighted by Gasteiger charge is -2.30. The van der Waals surface area contributed by atoms with Gasteiger partial charge in [0, 0.05) is 24.7 Å². The third-order valence-corrected chi connectivity index (χ3v) is 5.86. The van der Waals surface area contributed by atoms with Crippen molar-refractivity contribution in [3.05, 3.63) is 59.4 Å². The van der Waals surface area contributed by atoms with Crippen LogP contribution >= 0.6 is 0 Å². The van der Waals surface area contributed by atoms with Crippen LogP contribution in [0.4, 0.5) is 4.39 Å². The Morgan fingerprint density at radius 3 is 2.70 bits per heavy atom. The van der Waals surface area contributed by atoms with Gasteiger partial charge in [-0.25, -0.2) is 4.39 Å². The van der Waals surface area contributed by atoms with E-state index < -0.39 is 0 Å². The molecule has 0 spiro atoms. The zero-order valence-electron chi connectivity index (χ0n) is 15.7. The van der Waals surface area contributed by atoms with E-state index in [1.807, 2.05) is 17.0 Å². The highest BCUT2D eigenvalue weighted by molar-refractivity contribution is 5.97. The van der Waals surface area contributed by atoms with Crippen molar-refractivity contribution in [1.82, 2.24) is 10.2 Å². The van der Waals surface area contributed by atoms with Gasteiger partial charge in [0.25, 0.3) is 5.91 Å². The van der Waals surface area contributed by atoms with Gasteiger partial charge in [0.2, 0.25) is 0 Å². The van der Waals surface area contributed by atoms with Crippen LogP contribution < -0.4 is 5.32 Å². The van der Waals surface area contributed by atoms with Crippen LogP contribution in [0.25, 0.3) is 11.1 Å². The number of halogens is 1. The van der Waals surface area contributed by atoms with Crippen molar-refractivity contribution < 1.29 is 9.18 Å². The minimum atomic E-state index is -0.231. The van der Waals surface area contributed by atoms with Crippen LogP contribution in [0.5, 0.6) is 0 Å². The van der Waals surface area contributed by atoms with Gasteiger partial charge >= 0.3 is 0 Å². The minimum absolute atomic E-state index is 0.149. The molecule has 4 rings (SSSR count). The van der Waals surface area contributed by atoms with E-state index in [1.165, 1.54) is 37.8 Å². The molecular weight excluding hydrogens is 339 g/mol. The molecule has 3 nitrogen and oxygen atoms in total. The SMILES string of the molecule is O=C1c2ccc(-c3ccc(F)cc3)cc2CCN1CCC1CCCCCN1. The molecule has 1 atom stereocenters. The van der Waals surface area contributed by atoms with E-state index in [9.17, 15) is 9.18 Å². The maximum absolute atomic E-state index is 13.1. The zero-order chi connectivity index (χ0) is 18.6. The Hall–Kier alpha value is -2.20. The summed E-state index contributed by atoms with van der Waals surface area (Å²) in [6, 6.07) is 13.1. The molecule has 0 aromatic heterocycles. The minimum Gasteiger partial charge on any atom is -0.338 e. The zero-order valence-corrected chi connectivity index (χ0v) is 15.7. The number of fused-ring (bicyclic) bond motifs is 1. The summed E-state index contributed by atoms with van der Waals surface area (Å²) in [7, 11) is 0. The molecule has 2 aliphatic rings. The molecule has 0 saturated carbocycles. The van der Waals surface area contributed by atoms with Crippen LogP contribution in [-0.4, -0.2) is 36.5 Å². The number of nitrogens with one attached hydrogen (secondary N) is 1. The van der Waals surface area contributed by atoms with E-state index in [1.54, 1.807) is 12.1 Å². The smallest absolute Gasteiger partial charge is 0.254 e. The first-order valence-corrected chi connectivity index (χ1v) is 10.1. The first-order chi connectivity index (χ1) is 13.2. The molecule has 2 aromatic carbocycles. The summed E-state index contributed by atoms with van der Waals surface area (Å²) < 4.78 is 13.1.